The Morgan fingerprint density at radius 1 is 1.14 bits per heavy atom. The molecule has 0 unspecified atom stereocenters. The molecule has 2 aliphatic rings. The summed E-state index contributed by atoms with van der Waals surface area (Å²) in [5.74, 6) is 0.290. The maximum absolute atomic E-state index is 10.9. The summed E-state index contributed by atoms with van der Waals surface area (Å²) in [5.41, 5.74) is 2.74. The smallest absolute Gasteiger partial charge is 0.123 e. The molecule has 1 aliphatic heterocycles. The summed E-state index contributed by atoms with van der Waals surface area (Å²) in [4.78, 5) is 17.9. The standard InChI is InChI=1S/C18H20N2O/c21-12-13-4-6-16(7-5-13)20-9-8-15-11-19-10-14-2-1-3-17(20)18(14)15/h1-3,10-13,16H,4-9H2. The number of rotatable bonds is 2. The number of hydrogen-bond acceptors (Lipinski definition) is 3. The van der Waals surface area contributed by atoms with Gasteiger partial charge in [0, 0.05) is 47.4 Å². The first kappa shape index (κ1) is 12.8. The van der Waals surface area contributed by atoms with Crippen molar-refractivity contribution >= 4 is 22.7 Å². The molecule has 0 N–H and O–H groups in total. The van der Waals surface area contributed by atoms with Crippen molar-refractivity contribution in [2.45, 2.75) is 38.1 Å². The minimum Gasteiger partial charge on any atom is -0.368 e. The molecule has 2 heterocycles. The van der Waals surface area contributed by atoms with Crippen LogP contribution in [0.25, 0.3) is 10.8 Å². The Labute approximate surface area is 125 Å². The number of nitrogens with zero attached hydrogens (tertiary/aromatic N) is 2. The third-order valence-electron chi connectivity index (χ3n) is 5.15. The summed E-state index contributed by atoms with van der Waals surface area (Å²) in [6.45, 7) is 1.08. The van der Waals surface area contributed by atoms with Crippen LogP contribution in [0.4, 0.5) is 5.69 Å². The average molecular weight is 280 g/mol. The van der Waals surface area contributed by atoms with E-state index in [1.54, 1.807) is 0 Å². The highest BCUT2D eigenvalue weighted by Crippen LogP contribution is 2.37. The van der Waals surface area contributed by atoms with E-state index in [-0.39, 0.29) is 0 Å². The van der Waals surface area contributed by atoms with Crippen molar-refractivity contribution in [2.24, 2.45) is 5.92 Å². The Kier molecular flexibility index (Phi) is 3.13. The van der Waals surface area contributed by atoms with Crippen molar-refractivity contribution in [1.29, 1.82) is 0 Å². The number of carbonyl (C=O) groups excluding carboxylic acids is 1. The number of carbonyl (C=O) groups is 1. The first-order chi connectivity index (χ1) is 10.4. The molecule has 1 aliphatic carbocycles. The van der Waals surface area contributed by atoms with Gasteiger partial charge in [0.1, 0.15) is 6.29 Å². The van der Waals surface area contributed by atoms with Gasteiger partial charge in [0.05, 0.1) is 0 Å². The number of hydrogen-bond donors (Lipinski definition) is 0. The second-order valence-corrected chi connectivity index (χ2v) is 6.32. The fourth-order valence-corrected chi connectivity index (χ4v) is 4.01. The zero-order chi connectivity index (χ0) is 14.2. The molecule has 2 aromatic rings. The van der Waals surface area contributed by atoms with Crippen LogP contribution in [0.2, 0.25) is 0 Å². The van der Waals surface area contributed by atoms with E-state index in [2.05, 4.69) is 28.1 Å². The normalized spacial score (nSPS) is 25.0. The first-order valence-electron chi connectivity index (χ1n) is 7.94. The van der Waals surface area contributed by atoms with Gasteiger partial charge in [-0.2, -0.15) is 0 Å². The molecule has 3 heteroatoms. The molecular formula is C18H20N2O. The molecule has 0 radical (unpaired) electrons. The summed E-state index contributed by atoms with van der Waals surface area (Å²) >= 11 is 0. The van der Waals surface area contributed by atoms with Crippen molar-refractivity contribution in [3.63, 3.8) is 0 Å². The van der Waals surface area contributed by atoms with Crippen LogP contribution >= 0.6 is 0 Å². The van der Waals surface area contributed by atoms with Gasteiger partial charge in [-0.3, -0.25) is 4.98 Å². The topological polar surface area (TPSA) is 33.2 Å². The zero-order valence-corrected chi connectivity index (χ0v) is 12.2. The molecule has 0 bridgehead atoms. The van der Waals surface area contributed by atoms with Crippen molar-refractivity contribution < 1.29 is 4.79 Å². The van der Waals surface area contributed by atoms with E-state index in [9.17, 15) is 4.79 Å². The van der Waals surface area contributed by atoms with Gasteiger partial charge < -0.3 is 9.69 Å². The molecule has 0 amide bonds. The van der Waals surface area contributed by atoms with Crippen LogP contribution in [-0.2, 0) is 11.2 Å². The molecule has 21 heavy (non-hydrogen) atoms. The van der Waals surface area contributed by atoms with Gasteiger partial charge in [-0.15, -0.1) is 0 Å². The van der Waals surface area contributed by atoms with E-state index in [1.165, 1.54) is 22.0 Å². The third-order valence-corrected chi connectivity index (χ3v) is 5.15. The molecule has 1 saturated carbocycles. The summed E-state index contributed by atoms with van der Waals surface area (Å²) in [6, 6.07) is 7.13. The fourth-order valence-electron chi connectivity index (χ4n) is 4.01. The monoisotopic (exact) mass is 280 g/mol. The van der Waals surface area contributed by atoms with Crippen molar-refractivity contribution in [3.05, 3.63) is 36.2 Å². The summed E-state index contributed by atoms with van der Waals surface area (Å²) in [6.07, 6.45) is 10.6. The second-order valence-electron chi connectivity index (χ2n) is 6.32. The van der Waals surface area contributed by atoms with E-state index in [4.69, 9.17) is 0 Å². The van der Waals surface area contributed by atoms with Gasteiger partial charge in [0.15, 0.2) is 0 Å². The lowest BCUT2D eigenvalue weighted by atomic mass is 9.85. The minimum absolute atomic E-state index is 0.290. The number of anilines is 1. The SMILES string of the molecule is O=CC1CCC(N2CCc3cncc4cccc2c34)CC1. The van der Waals surface area contributed by atoms with Gasteiger partial charge in [0.2, 0.25) is 0 Å². The summed E-state index contributed by atoms with van der Waals surface area (Å²) in [7, 11) is 0. The Balaban J connectivity index is 1.70. The van der Waals surface area contributed by atoms with Crippen molar-refractivity contribution in [3.8, 4) is 0 Å². The van der Waals surface area contributed by atoms with Crippen LogP contribution < -0.4 is 4.90 Å². The Hall–Kier alpha value is -1.90. The lowest BCUT2D eigenvalue weighted by molar-refractivity contribution is -0.111. The van der Waals surface area contributed by atoms with E-state index in [0.717, 1.165) is 44.9 Å². The van der Waals surface area contributed by atoms with Crippen LogP contribution in [0.3, 0.4) is 0 Å². The Morgan fingerprint density at radius 3 is 2.81 bits per heavy atom. The number of benzene rings is 1. The fraction of sp³-hybridized carbons (Fsp3) is 0.444. The van der Waals surface area contributed by atoms with Gasteiger partial charge in [-0.05, 0) is 43.7 Å². The Morgan fingerprint density at radius 2 is 2.00 bits per heavy atom. The highest BCUT2D eigenvalue weighted by Gasteiger charge is 2.29. The van der Waals surface area contributed by atoms with Crippen LogP contribution in [0.15, 0.2) is 30.6 Å². The first-order valence-corrected chi connectivity index (χ1v) is 7.94. The molecule has 4 rings (SSSR count). The predicted molar refractivity (Wildman–Crippen MR) is 84.6 cm³/mol. The minimum atomic E-state index is 0.290. The lowest BCUT2D eigenvalue weighted by Gasteiger charge is -2.40. The maximum atomic E-state index is 10.9. The van der Waals surface area contributed by atoms with Gasteiger partial charge in [-0.25, -0.2) is 0 Å². The van der Waals surface area contributed by atoms with Crippen LogP contribution in [0, 0.1) is 5.92 Å². The molecule has 108 valence electrons. The molecular weight excluding hydrogens is 260 g/mol. The van der Waals surface area contributed by atoms with E-state index in [0.29, 0.717) is 12.0 Å². The third kappa shape index (κ3) is 2.11. The molecule has 0 atom stereocenters. The van der Waals surface area contributed by atoms with E-state index < -0.39 is 0 Å². The van der Waals surface area contributed by atoms with E-state index in [1.807, 2.05) is 12.4 Å². The second kappa shape index (κ2) is 5.14. The number of aromatic nitrogens is 1. The molecule has 3 nitrogen and oxygen atoms in total. The quantitative estimate of drug-likeness (QED) is 0.791. The van der Waals surface area contributed by atoms with Gasteiger partial charge in [-0.1, -0.05) is 12.1 Å². The average Bonchev–Trinajstić information content (AvgIpc) is 2.56. The van der Waals surface area contributed by atoms with Gasteiger partial charge >= 0.3 is 0 Å². The highest BCUT2D eigenvalue weighted by atomic mass is 16.1. The molecule has 1 fully saturated rings. The molecule has 0 saturated heterocycles. The van der Waals surface area contributed by atoms with Crippen molar-refractivity contribution in [2.75, 3.05) is 11.4 Å². The summed E-state index contributed by atoms with van der Waals surface area (Å²) in [5, 5.41) is 2.63. The van der Waals surface area contributed by atoms with Crippen LogP contribution in [0.5, 0.6) is 0 Å². The Bertz CT molecular complexity index is 669. The van der Waals surface area contributed by atoms with Gasteiger partial charge in [0.25, 0.3) is 0 Å². The predicted octanol–water partition coefficient (Wildman–Crippen LogP) is 3.36. The number of aldehydes is 1. The zero-order valence-electron chi connectivity index (χ0n) is 12.2. The van der Waals surface area contributed by atoms with E-state index >= 15 is 0 Å². The summed E-state index contributed by atoms with van der Waals surface area (Å²) < 4.78 is 0. The lowest BCUT2D eigenvalue weighted by Crippen LogP contribution is -2.41. The largest absolute Gasteiger partial charge is 0.368 e. The molecule has 0 spiro atoms. The van der Waals surface area contributed by atoms with Crippen LogP contribution in [0.1, 0.15) is 31.2 Å². The highest BCUT2D eigenvalue weighted by molar-refractivity contribution is 5.97. The molecule has 1 aromatic carbocycles. The molecule has 1 aromatic heterocycles. The van der Waals surface area contributed by atoms with Crippen molar-refractivity contribution in [1.82, 2.24) is 4.98 Å². The maximum Gasteiger partial charge on any atom is 0.123 e. The van der Waals surface area contributed by atoms with Crippen LogP contribution in [-0.4, -0.2) is 23.9 Å². The number of pyridine rings is 1.